The number of methoxy groups -OCH3 is 1. The number of aliphatic imine (C=N–C) groups is 1. The average Bonchev–Trinajstić information content (AvgIpc) is 2.79. The first-order chi connectivity index (χ1) is 10.6. The smallest absolute Gasteiger partial charge is 0.194 e. The predicted molar refractivity (Wildman–Crippen MR) is 106 cm³/mol. The van der Waals surface area contributed by atoms with Crippen LogP contribution in [0.25, 0.3) is 0 Å². The van der Waals surface area contributed by atoms with Crippen LogP contribution in [0.15, 0.2) is 17.3 Å². The maximum atomic E-state index is 6.02. The molecule has 0 saturated heterocycles. The van der Waals surface area contributed by atoms with Gasteiger partial charge in [-0.15, -0.1) is 24.0 Å². The zero-order valence-electron chi connectivity index (χ0n) is 14.3. The summed E-state index contributed by atoms with van der Waals surface area (Å²) in [5.74, 6) is 0.857. The number of hydrogen-bond donors (Lipinski definition) is 1. The molecule has 0 saturated carbocycles. The van der Waals surface area contributed by atoms with Crippen molar-refractivity contribution in [2.24, 2.45) is 12.0 Å². The lowest BCUT2D eigenvalue weighted by atomic mass is 10.4. The molecular formula is C15H28ClIN4O2. The van der Waals surface area contributed by atoms with Crippen LogP contribution in [0.2, 0.25) is 5.02 Å². The summed E-state index contributed by atoms with van der Waals surface area (Å²) in [5, 5.41) is 4.03. The lowest BCUT2D eigenvalue weighted by Crippen LogP contribution is -2.39. The van der Waals surface area contributed by atoms with Gasteiger partial charge in [0.2, 0.25) is 0 Å². The van der Waals surface area contributed by atoms with Crippen LogP contribution >= 0.6 is 35.6 Å². The lowest BCUT2D eigenvalue weighted by molar-refractivity contribution is 0.0747. The standard InChI is InChI=1S/C15H27ClN4O2.HI/c1-5-17-15(18-6-7-22-9-8-21-4)20(3)12-14-10-13(16)11-19(14)2;/h10-11H,5-9,12H2,1-4H3,(H,17,18);1H. The van der Waals surface area contributed by atoms with Crippen molar-refractivity contribution >= 4 is 41.5 Å². The van der Waals surface area contributed by atoms with Gasteiger partial charge in [0.25, 0.3) is 0 Å². The number of nitrogens with one attached hydrogen (secondary N) is 1. The molecule has 0 spiro atoms. The van der Waals surface area contributed by atoms with E-state index in [1.54, 1.807) is 7.11 Å². The van der Waals surface area contributed by atoms with Gasteiger partial charge in [0, 0.05) is 39.6 Å². The molecule has 1 rings (SSSR count). The highest BCUT2D eigenvalue weighted by Crippen LogP contribution is 2.14. The van der Waals surface area contributed by atoms with Crippen LogP contribution in [-0.2, 0) is 23.1 Å². The summed E-state index contributed by atoms with van der Waals surface area (Å²) in [6, 6.07) is 1.97. The van der Waals surface area contributed by atoms with E-state index in [1.165, 1.54) is 0 Å². The van der Waals surface area contributed by atoms with Gasteiger partial charge in [-0.25, -0.2) is 0 Å². The molecule has 0 aliphatic carbocycles. The Morgan fingerprint density at radius 1 is 1.39 bits per heavy atom. The largest absolute Gasteiger partial charge is 0.382 e. The van der Waals surface area contributed by atoms with Gasteiger partial charge >= 0.3 is 0 Å². The highest BCUT2D eigenvalue weighted by molar-refractivity contribution is 14.0. The zero-order chi connectivity index (χ0) is 16.4. The second-order valence-electron chi connectivity index (χ2n) is 4.96. The van der Waals surface area contributed by atoms with Crippen molar-refractivity contribution in [2.45, 2.75) is 13.5 Å². The molecule has 134 valence electrons. The number of ether oxygens (including phenoxy) is 2. The van der Waals surface area contributed by atoms with Crippen LogP contribution in [0.3, 0.4) is 0 Å². The lowest BCUT2D eigenvalue weighted by Gasteiger charge is -2.22. The number of guanidine groups is 1. The molecule has 0 atom stereocenters. The summed E-state index contributed by atoms with van der Waals surface area (Å²) in [6.07, 6.45) is 1.90. The van der Waals surface area contributed by atoms with Gasteiger partial charge in [-0.1, -0.05) is 11.6 Å². The van der Waals surface area contributed by atoms with Crippen LogP contribution < -0.4 is 5.32 Å². The molecule has 0 bridgehead atoms. The first-order valence-corrected chi connectivity index (χ1v) is 7.83. The van der Waals surface area contributed by atoms with Crippen molar-refractivity contribution in [3.63, 3.8) is 0 Å². The quantitative estimate of drug-likeness (QED) is 0.267. The van der Waals surface area contributed by atoms with Gasteiger partial charge in [0.1, 0.15) is 0 Å². The molecule has 0 aliphatic rings. The van der Waals surface area contributed by atoms with E-state index >= 15 is 0 Å². The minimum absolute atomic E-state index is 0. The summed E-state index contributed by atoms with van der Waals surface area (Å²) in [4.78, 5) is 6.64. The summed E-state index contributed by atoms with van der Waals surface area (Å²) in [7, 11) is 5.66. The van der Waals surface area contributed by atoms with E-state index in [9.17, 15) is 0 Å². The summed E-state index contributed by atoms with van der Waals surface area (Å²) in [5.41, 5.74) is 1.13. The van der Waals surface area contributed by atoms with Crippen molar-refractivity contribution in [1.29, 1.82) is 0 Å². The van der Waals surface area contributed by atoms with E-state index in [2.05, 4.69) is 22.1 Å². The maximum Gasteiger partial charge on any atom is 0.194 e. The molecule has 1 N–H and O–H groups in total. The second-order valence-corrected chi connectivity index (χ2v) is 5.39. The van der Waals surface area contributed by atoms with Crippen molar-refractivity contribution in [3.8, 4) is 0 Å². The molecular weight excluding hydrogens is 431 g/mol. The van der Waals surface area contributed by atoms with E-state index in [-0.39, 0.29) is 24.0 Å². The summed E-state index contributed by atoms with van der Waals surface area (Å²) in [6.45, 7) is 6.02. The molecule has 1 aromatic rings. The van der Waals surface area contributed by atoms with Crippen LogP contribution in [-0.4, -0.2) is 62.5 Å². The topological polar surface area (TPSA) is 51.0 Å². The molecule has 23 heavy (non-hydrogen) atoms. The van der Waals surface area contributed by atoms with Gasteiger partial charge < -0.3 is 24.3 Å². The van der Waals surface area contributed by atoms with Crippen molar-refractivity contribution in [1.82, 2.24) is 14.8 Å². The number of nitrogens with zero attached hydrogens (tertiary/aromatic N) is 3. The molecule has 8 heteroatoms. The van der Waals surface area contributed by atoms with Crippen molar-refractivity contribution in [2.75, 3.05) is 47.1 Å². The average molecular weight is 459 g/mol. The molecule has 6 nitrogen and oxygen atoms in total. The third-order valence-corrected chi connectivity index (χ3v) is 3.31. The Bertz CT molecular complexity index is 468. The Labute approximate surface area is 161 Å². The van der Waals surface area contributed by atoms with Gasteiger partial charge in [-0.05, 0) is 13.0 Å². The summed E-state index contributed by atoms with van der Waals surface area (Å²) >= 11 is 6.02. The van der Waals surface area contributed by atoms with E-state index in [0.29, 0.717) is 26.4 Å². The van der Waals surface area contributed by atoms with Gasteiger partial charge in [0.05, 0.1) is 37.9 Å². The van der Waals surface area contributed by atoms with E-state index in [1.807, 2.05) is 30.9 Å². The SMILES string of the molecule is CCNC(=NCCOCCOC)N(C)Cc1cc(Cl)cn1C.I. The minimum atomic E-state index is 0. The Hall–Kier alpha value is -0.510. The molecule has 0 aromatic carbocycles. The van der Waals surface area contributed by atoms with Crippen LogP contribution in [0.5, 0.6) is 0 Å². The molecule has 0 fully saturated rings. The Morgan fingerprint density at radius 3 is 2.70 bits per heavy atom. The first kappa shape index (κ1) is 22.5. The third-order valence-electron chi connectivity index (χ3n) is 3.10. The minimum Gasteiger partial charge on any atom is -0.382 e. The number of rotatable bonds is 9. The predicted octanol–water partition coefficient (Wildman–Crippen LogP) is 2.36. The molecule has 0 aliphatic heterocycles. The van der Waals surface area contributed by atoms with Crippen LogP contribution in [0, 0.1) is 0 Å². The van der Waals surface area contributed by atoms with Crippen LogP contribution in [0.4, 0.5) is 0 Å². The monoisotopic (exact) mass is 458 g/mol. The maximum absolute atomic E-state index is 6.02. The van der Waals surface area contributed by atoms with E-state index < -0.39 is 0 Å². The molecule has 1 heterocycles. The Kier molecular flexibility index (Phi) is 12.6. The fourth-order valence-corrected chi connectivity index (χ4v) is 2.24. The number of aryl methyl sites for hydroxylation is 1. The Balaban J connectivity index is 0.00000484. The molecule has 0 radical (unpaired) electrons. The van der Waals surface area contributed by atoms with Crippen LogP contribution in [0.1, 0.15) is 12.6 Å². The third kappa shape index (κ3) is 8.78. The first-order valence-electron chi connectivity index (χ1n) is 7.45. The fraction of sp³-hybridized carbons (Fsp3) is 0.667. The van der Waals surface area contributed by atoms with E-state index in [0.717, 1.165) is 29.8 Å². The summed E-state index contributed by atoms with van der Waals surface area (Å²) < 4.78 is 12.4. The van der Waals surface area contributed by atoms with Gasteiger partial charge in [0.15, 0.2) is 5.96 Å². The Morgan fingerprint density at radius 2 is 2.13 bits per heavy atom. The zero-order valence-corrected chi connectivity index (χ0v) is 17.4. The number of hydrogen-bond acceptors (Lipinski definition) is 3. The molecule has 1 aromatic heterocycles. The van der Waals surface area contributed by atoms with Gasteiger partial charge in [-0.3, -0.25) is 4.99 Å². The number of halogens is 2. The van der Waals surface area contributed by atoms with Crippen molar-refractivity contribution < 1.29 is 9.47 Å². The van der Waals surface area contributed by atoms with Crippen molar-refractivity contribution in [3.05, 3.63) is 23.0 Å². The number of aromatic nitrogens is 1. The highest BCUT2D eigenvalue weighted by Gasteiger charge is 2.09. The molecule has 0 amide bonds. The second kappa shape index (κ2) is 12.9. The fourth-order valence-electron chi connectivity index (χ4n) is 1.97. The molecule has 0 unspecified atom stereocenters. The highest BCUT2D eigenvalue weighted by atomic mass is 127. The van der Waals surface area contributed by atoms with Gasteiger partial charge in [-0.2, -0.15) is 0 Å². The normalized spacial score (nSPS) is 11.3. The van der Waals surface area contributed by atoms with E-state index in [4.69, 9.17) is 21.1 Å².